The average Bonchev–Trinajstić information content (AvgIpc) is 2.44. The number of hydrogen-bond donors (Lipinski definition) is 2. The van der Waals surface area contributed by atoms with Crippen LogP contribution in [0.5, 0.6) is 5.75 Å². The van der Waals surface area contributed by atoms with Crippen LogP contribution >= 0.6 is 0 Å². The number of hydrogen-bond acceptors (Lipinski definition) is 7. The lowest BCUT2D eigenvalue weighted by Gasteiger charge is -2.01. The largest absolute Gasteiger partial charge is 0.427 e. The van der Waals surface area contributed by atoms with E-state index in [0.29, 0.717) is 5.75 Å². The second-order valence-electron chi connectivity index (χ2n) is 4.12. The lowest BCUT2D eigenvalue weighted by atomic mass is 10.2. The molecule has 1 heterocycles. The molecule has 2 aromatic rings. The zero-order chi connectivity index (χ0) is 15.2. The van der Waals surface area contributed by atoms with E-state index in [4.69, 9.17) is 4.74 Å². The van der Waals surface area contributed by atoms with Crippen molar-refractivity contribution >= 4 is 18.1 Å². The molecule has 8 nitrogen and oxygen atoms in total. The van der Waals surface area contributed by atoms with Gasteiger partial charge in [0.05, 0.1) is 6.21 Å². The third-order valence-electron chi connectivity index (χ3n) is 2.39. The summed E-state index contributed by atoms with van der Waals surface area (Å²) in [6.07, 6.45) is 1.53. The lowest BCUT2D eigenvalue weighted by molar-refractivity contribution is -0.131. The number of nitrogens with one attached hydrogen (secondary N) is 2. The van der Waals surface area contributed by atoms with E-state index in [1.165, 1.54) is 13.1 Å². The monoisotopic (exact) mass is 287 g/mol. The van der Waals surface area contributed by atoms with Crippen molar-refractivity contribution in [3.05, 3.63) is 45.9 Å². The number of anilines is 1. The molecule has 0 aliphatic carbocycles. The predicted molar refractivity (Wildman–Crippen MR) is 76.4 cm³/mol. The van der Waals surface area contributed by atoms with Gasteiger partial charge in [-0.2, -0.15) is 5.10 Å². The highest BCUT2D eigenvalue weighted by molar-refractivity contribution is 5.80. The van der Waals surface area contributed by atoms with E-state index >= 15 is 0 Å². The first-order valence-electron chi connectivity index (χ1n) is 6.06. The van der Waals surface area contributed by atoms with Crippen molar-refractivity contribution < 1.29 is 9.53 Å². The van der Waals surface area contributed by atoms with Gasteiger partial charge in [-0.25, -0.2) is 5.43 Å². The maximum Gasteiger partial charge on any atom is 0.308 e. The van der Waals surface area contributed by atoms with Crippen molar-refractivity contribution in [1.29, 1.82) is 0 Å². The van der Waals surface area contributed by atoms with Crippen LogP contribution in [-0.4, -0.2) is 27.4 Å². The van der Waals surface area contributed by atoms with Crippen molar-refractivity contribution in [1.82, 2.24) is 15.2 Å². The molecule has 0 saturated heterocycles. The summed E-state index contributed by atoms with van der Waals surface area (Å²) in [5.74, 6) is 0.236. The summed E-state index contributed by atoms with van der Waals surface area (Å²) in [4.78, 5) is 24.6. The van der Waals surface area contributed by atoms with Gasteiger partial charge in [0.25, 0.3) is 5.56 Å². The zero-order valence-corrected chi connectivity index (χ0v) is 11.5. The number of aromatic nitrogens is 3. The van der Waals surface area contributed by atoms with Crippen molar-refractivity contribution in [2.75, 3.05) is 5.43 Å². The van der Waals surface area contributed by atoms with Gasteiger partial charge < -0.3 is 4.74 Å². The van der Waals surface area contributed by atoms with Crippen LogP contribution in [0.1, 0.15) is 18.2 Å². The van der Waals surface area contributed by atoms with Gasteiger partial charge in [-0.3, -0.25) is 14.6 Å². The van der Waals surface area contributed by atoms with Gasteiger partial charge in [0.1, 0.15) is 11.4 Å². The molecule has 0 atom stereocenters. The summed E-state index contributed by atoms with van der Waals surface area (Å²) in [5, 5.41) is 11.3. The molecular weight excluding hydrogens is 274 g/mol. The van der Waals surface area contributed by atoms with Crippen LogP contribution in [0.3, 0.4) is 0 Å². The Morgan fingerprint density at radius 1 is 1.33 bits per heavy atom. The third kappa shape index (κ3) is 4.23. The van der Waals surface area contributed by atoms with E-state index in [1.54, 1.807) is 31.2 Å². The number of nitrogens with zero attached hydrogens (tertiary/aromatic N) is 3. The number of benzene rings is 1. The Balaban J connectivity index is 1.99. The lowest BCUT2D eigenvalue weighted by Crippen LogP contribution is -2.15. The number of carbonyl (C=O) groups is 1. The van der Waals surface area contributed by atoms with Gasteiger partial charge in [-0.1, -0.05) is 0 Å². The normalized spacial score (nSPS) is 10.6. The summed E-state index contributed by atoms with van der Waals surface area (Å²) in [6, 6.07) is 6.76. The number of rotatable bonds is 4. The summed E-state index contributed by atoms with van der Waals surface area (Å²) < 4.78 is 4.91. The van der Waals surface area contributed by atoms with Crippen LogP contribution < -0.4 is 15.7 Å². The van der Waals surface area contributed by atoms with Crippen LogP contribution in [0.15, 0.2) is 34.2 Å². The molecular formula is C13H13N5O3. The SMILES string of the molecule is CC(=O)Oc1ccc(/C=N/Nc2nnc(C)c(=O)[nH]2)cc1. The highest BCUT2D eigenvalue weighted by Crippen LogP contribution is 2.11. The van der Waals surface area contributed by atoms with Crippen LogP contribution in [0.4, 0.5) is 5.95 Å². The van der Waals surface area contributed by atoms with E-state index in [2.05, 4.69) is 25.7 Å². The highest BCUT2D eigenvalue weighted by atomic mass is 16.5. The molecule has 2 rings (SSSR count). The topological polar surface area (TPSA) is 109 Å². The fraction of sp³-hybridized carbons (Fsp3) is 0.154. The van der Waals surface area contributed by atoms with E-state index in [-0.39, 0.29) is 23.2 Å². The standard InChI is InChI=1S/C13H13N5O3/c1-8-12(20)15-13(18-16-8)17-14-7-10-3-5-11(6-4-10)21-9(2)19/h3-7H,1-2H3,(H2,15,17,18,20)/b14-7+. The van der Waals surface area contributed by atoms with E-state index in [0.717, 1.165) is 5.56 Å². The molecule has 0 fully saturated rings. The fourth-order valence-electron chi connectivity index (χ4n) is 1.40. The first kappa shape index (κ1) is 14.4. The van der Waals surface area contributed by atoms with Crippen molar-refractivity contribution in [3.8, 4) is 5.75 Å². The summed E-state index contributed by atoms with van der Waals surface area (Å²) in [6.45, 7) is 2.90. The molecule has 1 aromatic carbocycles. The Morgan fingerprint density at radius 2 is 2.05 bits per heavy atom. The molecule has 0 radical (unpaired) electrons. The number of esters is 1. The smallest absolute Gasteiger partial charge is 0.308 e. The molecule has 0 unspecified atom stereocenters. The minimum absolute atomic E-state index is 0.151. The Labute approximate surface area is 119 Å². The minimum Gasteiger partial charge on any atom is -0.427 e. The zero-order valence-electron chi connectivity index (χ0n) is 11.5. The molecule has 0 bridgehead atoms. The van der Waals surface area contributed by atoms with Crippen LogP contribution in [0.2, 0.25) is 0 Å². The van der Waals surface area contributed by atoms with Gasteiger partial charge >= 0.3 is 5.97 Å². The first-order chi connectivity index (χ1) is 10.0. The van der Waals surface area contributed by atoms with E-state index in [1.807, 2.05) is 0 Å². The Kier molecular flexibility index (Phi) is 4.39. The van der Waals surface area contributed by atoms with Crippen molar-refractivity contribution in [3.63, 3.8) is 0 Å². The van der Waals surface area contributed by atoms with Crippen molar-refractivity contribution in [2.24, 2.45) is 5.10 Å². The second-order valence-corrected chi connectivity index (χ2v) is 4.12. The molecule has 21 heavy (non-hydrogen) atoms. The summed E-state index contributed by atoms with van der Waals surface area (Å²) >= 11 is 0. The van der Waals surface area contributed by atoms with Gasteiger partial charge in [0, 0.05) is 6.92 Å². The van der Waals surface area contributed by atoms with Gasteiger partial charge in [-0.15, -0.1) is 10.2 Å². The molecule has 2 N–H and O–H groups in total. The molecule has 8 heteroatoms. The van der Waals surface area contributed by atoms with E-state index in [9.17, 15) is 9.59 Å². The maximum atomic E-state index is 11.3. The quantitative estimate of drug-likeness (QED) is 0.373. The Morgan fingerprint density at radius 3 is 2.67 bits per heavy atom. The van der Waals surface area contributed by atoms with Crippen LogP contribution in [0, 0.1) is 6.92 Å². The van der Waals surface area contributed by atoms with Crippen LogP contribution in [0.25, 0.3) is 0 Å². The highest BCUT2D eigenvalue weighted by Gasteiger charge is 1.98. The first-order valence-corrected chi connectivity index (χ1v) is 6.06. The predicted octanol–water partition coefficient (Wildman–Crippen LogP) is 0.845. The molecule has 0 amide bonds. The van der Waals surface area contributed by atoms with Gasteiger partial charge in [0.15, 0.2) is 0 Å². The number of H-pyrrole nitrogens is 1. The van der Waals surface area contributed by atoms with E-state index < -0.39 is 0 Å². The van der Waals surface area contributed by atoms with Gasteiger partial charge in [0.2, 0.25) is 5.95 Å². The minimum atomic E-state index is -0.375. The maximum absolute atomic E-state index is 11.3. The second kappa shape index (κ2) is 6.42. The average molecular weight is 287 g/mol. The third-order valence-corrected chi connectivity index (χ3v) is 2.39. The molecule has 0 aliphatic heterocycles. The number of ether oxygens (including phenoxy) is 1. The molecule has 0 spiro atoms. The van der Waals surface area contributed by atoms with Crippen LogP contribution in [-0.2, 0) is 4.79 Å². The number of aromatic amines is 1. The molecule has 1 aromatic heterocycles. The summed E-state index contributed by atoms with van der Waals surface area (Å²) in [5.41, 5.74) is 3.30. The Bertz CT molecular complexity index is 721. The summed E-state index contributed by atoms with van der Waals surface area (Å²) in [7, 11) is 0. The number of hydrazone groups is 1. The number of carbonyl (C=O) groups excluding carboxylic acids is 1. The van der Waals surface area contributed by atoms with Gasteiger partial charge in [-0.05, 0) is 36.8 Å². The Hall–Kier alpha value is -3.03. The van der Waals surface area contributed by atoms with Crippen molar-refractivity contribution in [2.45, 2.75) is 13.8 Å². The number of aryl methyl sites for hydroxylation is 1. The molecule has 0 saturated carbocycles. The molecule has 0 aliphatic rings. The fourth-order valence-corrected chi connectivity index (χ4v) is 1.40. The molecule has 108 valence electrons.